The second-order valence-corrected chi connectivity index (χ2v) is 7.40. The lowest BCUT2D eigenvalue weighted by molar-refractivity contribution is -0.105. The average molecular weight is 355 g/mol. The van der Waals surface area contributed by atoms with Gasteiger partial charge in [0.1, 0.15) is 22.4 Å². The number of aromatic amines is 2. The van der Waals surface area contributed by atoms with Crippen molar-refractivity contribution in [1.82, 2.24) is 24.9 Å². The Kier molecular flexibility index (Phi) is 3.75. The van der Waals surface area contributed by atoms with E-state index in [0.717, 1.165) is 45.5 Å². The van der Waals surface area contributed by atoms with Crippen LogP contribution in [-0.2, 0) is 15.9 Å². The molecule has 3 aromatic heterocycles. The SMILES string of the molecule is O=c1[nH]c(CC2CCC3(CCOCC3)CO2)nc2c1[nH]c1nccnc12. The van der Waals surface area contributed by atoms with Gasteiger partial charge in [-0.2, -0.15) is 0 Å². The zero-order valence-corrected chi connectivity index (χ0v) is 14.5. The van der Waals surface area contributed by atoms with Crippen molar-refractivity contribution in [2.75, 3.05) is 19.8 Å². The molecular formula is C18H21N5O3. The Balaban J connectivity index is 1.38. The molecule has 0 aromatic carbocycles. The Labute approximate surface area is 149 Å². The van der Waals surface area contributed by atoms with Gasteiger partial charge in [0, 0.05) is 32.0 Å². The Morgan fingerprint density at radius 3 is 2.77 bits per heavy atom. The summed E-state index contributed by atoms with van der Waals surface area (Å²) in [6.07, 6.45) is 8.17. The van der Waals surface area contributed by atoms with Gasteiger partial charge in [0.2, 0.25) is 0 Å². The molecule has 2 aliphatic rings. The molecule has 0 aliphatic carbocycles. The van der Waals surface area contributed by atoms with Crippen LogP contribution in [0, 0.1) is 5.41 Å². The lowest BCUT2D eigenvalue weighted by Crippen LogP contribution is -2.41. The van der Waals surface area contributed by atoms with Gasteiger partial charge in [-0.05, 0) is 31.1 Å². The first-order valence-corrected chi connectivity index (χ1v) is 9.13. The summed E-state index contributed by atoms with van der Waals surface area (Å²) in [6.45, 7) is 2.44. The first-order chi connectivity index (χ1) is 12.7. The van der Waals surface area contributed by atoms with Crippen LogP contribution in [-0.4, -0.2) is 50.8 Å². The number of fused-ring (bicyclic) bond motifs is 3. The van der Waals surface area contributed by atoms with E-state index in [1.165, 1.54) is 0 Å². The summed E-state index contributed by atoms with van der Waals surface area (Å²) in [5.41, 5.74) is 2.28. The molecule has 2 fully saturated rings. The first-order valence-electron chi connectivity index (χ1n) is 9.13. The molecular weight excluding hydrogens is 334 g/mol. The molecule has 1 unspecified atom stereocenters. The molecule has 2 aliphatic heterocycles. The van der Waals surface area contributed by atoms with Gasteiger partial charge >= 0.3 is 0 Å². The molecule has 1 atom stereocenters. The molecule has 2 saturated heterocycles. The molecule has 0 radical (unpaired) electrons. The van der Waals surface area contributed by atoms with Crippen molar-refractivity contribution in [3.8, 4) is 0 Å². The van der Waals surface area contributed by atoms with E-state index >= 15 is 0 Å². The summed E-state index contributed by atoms with van der Waals surface area (Å²) in [6, 6.07) is 0. The third kappa shape index (κ3) is 2.69. The Morgan fingerprint density at radius 2 is 1.96 bits per heavy atom. The highest BCUT2D eigenvalue weighted by Crippen LogP contribution is 2.40. The molecule has 0 bridgehead atoms. The summed E-state index contributed by atoms with van der Waals surface area (Å²) in [7, 11) is 0. The second-order valence-electron chi connectivity index (χ2n) is 7.40. The lowest BCUT2D eigenvalue weighted by Gasteiger charge is -2.42. The van der Waals surface area contributed by atoms with E-state index in [1.54, 1.807) is 12.4 Å². The quantitative estimate of drug-likeness (QED) is 0.725. The minimum absolute atomic E-state index is 0.0837. The van der Waals surface area contributed by atoms with E-state index in [2.05, 4.69) is 24.9 Å². The third-order valence-electron chi connectivity index (χ3n) is 5.73. The van der Waals surface area contributed by atoms with E-state index in [9.17, 15) is 4.79 Å². The number of aromatic nitrogens is 5. The highest BCUT2D eigenvalue weighted by Gasteiger charge is 2.37. The molecule has 5 heterocycles. The molecule has 1 spiro atoms. The predicted molar refractivity (Wildman–Crippen MR) is 95.0 cm³/mol. The highest BCUT2D eigenvalue weighted by atomic mass is 16.5. The summed E-state index contributed by atoms with van der Waals surface area (Å²) in [5, 5.41) is 0. The average Bonchev–Trinajstić information content (AvgIpc) is 3.04. The van der Waals surface area contributed by atoms with Gasteiger partial charge in [0.15, 0.2) is 5.65 Å². The van der Waals surface area contributed by atoms with Crippen molar-refractivity contribution in [3.63, 3.8) is 0 Å². The molecule has 136 valence electrons. The fourth-order valence-electron chi connectivity index (χ4n) is 4.12. The molecule has 26 heavy (non-hydrogen) atoms. The normalized spacial score (nSPS) is 23.0. The molecule has 0 amide bonds. The number of H-pyrrole nitrogens is 2. The Hall–Kier alpha value is -2.32. The van der Waals surface area contributed by atoms with Crippen molar-refractivity contribution < 1.29 is 9.47 Å². The fourth-order valence-corrected chi connectivity index (χ4v) is 4.12. The van der Waals surface area contributed by atoms with Gasteiger partial charge in [0.25, 0.3) is 5.56 Å². The molecule has 8 heteroatoms. The third-order valence-corrected chi connectivity index (χ3v) is 5.73. The molecule has 5 rings (SSSR count). The zero-order chi connectivity index (χ0) is 17.6. The number of nitrogens with one attached hydrogen (secondary N) is 2. The van der Waals surface area contributed by atoms with Crippen LogP contribution in [0.15, 0.2) is 17.2 Å². The summed E-state index contributed by atoms with van der Waals surface area (Å²) < 4.78 is 11.6. The first kappa shape index (κ1) is 15.9. The van der Waals surface area contributed by atoms with Crippen LogP contribution in [0.2, 0.25) is 0 Å². The van der Waals surface area contributed by atoms with Crippen molar-refractivity contribution in [2.45, 2.75) is 38.2 Å². The minimum atomic E-state index is -0.193. The van der Waals surface area contributed by atoms with Gasteiger partial charge in [-0.3, -0.25) is 4.79 Å². The molecule has 2 N–H and O–H groups in total. The maximum atomic E-state index is 12.4. The number of ether oxygens (including phenoxy) is 2. The van der Waals surface area contributed by atoms with E-state index in [-0.39, 0.29) is 17.1 Å². The number of nitrogens with zero attached hydrogens (tertiary/aromatic N) is 3. The van der Waals surface area contributed by atoms with Crippen molar-refractivity contribution in [3.05, 3.63) is 28.6 Å². The Bertz CT molecular complexity index is 995. The van der Waals surface area contributed by atoms with Gasteiger partial charge < -0.3 is 19.4 Å². The van der Waals surface area contributed by atoms with Crippen LogP contribution in [0.1, 0.15) is 31.5 Å². The molecule has 0 saturated carbocycles. The number of hydrogen-bond acceptors (Lipinski definition) is 6. The van der Waals surface area contributed by atoms with Gasteiger partial charge in [-0.15, -0.1) is 0 Å². The van der Waals surface area contributed by atoms with Crippen molar-refractivity contribution in [2.24, 2.45) is 5.41 Å². The zero-order valence-electron chi connectivity index (χ0n) is 14.5. The van der Waals surface area contributed by atoms with E-state index in [0.29, 0.717) is 34.4 Å². The standard InChI is InChI=1S/C18H21N5O3/c24-17-15-13(14-16(23-15)20-6-5-19-14)21-12(22-17)9-11-1-2-18(10-26-11)3-7-25-8-4-18/h5-6,11H,1-4,7-10H2,(H,20,23)(H,21,22,24). The van der Waals surface area contributed by atoms with Gasteiger partial charge in [-0.25, -0.2) is 15.0 Å². The smallest absolute Gasteiger partial charge is 0.275 e. The highest BCUT2D eigenvalue weighted by molar-refractivity contribution is 5.99. The van der Waals surface area contributed by atoms with Crippen LogP contribution in [0.5, 0.6) is 0 Å². The second kappa shape index (κ2) is 6.14. The fraction of sp³-hybridized carbons (Fsp3) is 0.556. The van der Waals surface area contributed by atoms with Crippen LogP contribution in [0.4, 0.5) is 0 Å². The monoisotopic (exact) mass is 355 g/mol. The topological polar surface area (TPSA) is 106 Å². The van der Waals surface area contributed by atoms with Crippen LogP contribution in [0.3, 0.4) is 0 Å². The van der Waals surface area contributed by atoms with E-state index in [4.69, 9.17) is 9.47 Å². The predicted octanol–water partition coefficient (Wildman–Crippen LogP) is 1.71. The Morgan fingerprint density at radius 1 is 1.12 bits per heavy atom. The maximum absolute atomic E-state index is 12.4. The maximum Gasteiger partial charge on any atom is 0.275 e. The molecule has 8 nitrogen and oxygen atoms in total. The number of hydrogen-bond donors (Lipinski definition) is 2. The largest absolute Gasteiger partial charge is 0.381 e. The molecule has 3 aromatic rings. The summed E-state index contributed by atoms with van der Waals surface area (Å²) >= 11 is 0. The minimum Gasteiger partial charge on any atom is -0.381 e. The van der Waals surface area contributed by atoms with Crippen molar-refractivity contribution >= 4 is 22.2 Å². The lowest BCUT2D eigenvalue weighted by atomic mass is 9.75. The van der Waals surface area contributed by atoms with Gasteiger partial charge in [-0.1, -0.05) is 0 Å². The van der Waals surface area contributed by atoms with Crippen LogP contribution < -0.4 is 5.56 Å². The van der Waals surface area contributed by atoms with Gasteiger partial charge in [0.05, 0.1) is 12.7 Å². The van der Waals surface area contributed by atoms with Crippen LogP contribution in [0.25, 0.3) is 22.2 Å². The van der Waals surface area contributed by atoms with E-state index in [1.807, 2.05) is 0 Å². The number of rotatable bonds is 2. The van der Waals surface area contributed by atoms with Crippen LogP contribution >= 0.6 is 0 Å². The van der Waals surface area contributed by atoms with Crippen molar-refractivity contribution in [1.29, 1.82) is 0 Å². The van der Waals surface area contributed by atoms with E-state index < -0.39 is 0 Å². The summed E-state index contributed by atoms with van der Waals surface area (Å²) in [5.74, 6) is 0.641. The summed E-state index contributed by atoms with van der Waals surface area (Å²) in [4.78, 5) is 31.4.